The van der Waals surface area contributed by atoms with Crippen molar-refractivity contribution in [2.24, 2.45) is 0 Å². The van der Waals surface area contributed by atoms with Gasteiger partial charge in [-0.15, -0.1) is 0 Å². The molecule has 1 heterocycles. The smallest absolute Gasteiger partial charge is 0.258 e. The number of para-hydroxylation sites is 2. The van der Waals surface area contributed by atoms with Crippen molar-refractivity contribution in [3.8, 4) is 5.75 Å². The zero-order valence-corrected chi connectivity index (χ0v) is 9.87. The Morgan fingerprint density at radius 3 is 2.56 bits per heavy atom. The van der Waals surface area contributed by atoms with Gasteiger partial charge in [0.15, 0.2) is 0 Å². The van der Waals surface area contributed by atoms with Crippen LogP contribution in [0.3, 0.4) is 0 Å². The van der Waals surface area contributed by atoms with Gasteiger partial charge in [0.1, 0.15) is 12.4 Å². The fourth-order valence-corrected chi connectivity index (χ4v) is 2.12. The Balaban J connectivity index is 1.97. The molecule has 0 aliphatic carbocycles. The Labute approximate surface area is 106 Å². The maximum atomic E-state index is 12.4. The van der Waals surface area contributed by atoms with E-state index in [1.165, 1.54) is 0 Å². The lowest BCUT2D eigenvalue weighted by molar-refractivity contribution is 0.0976. The van der Waals surface area contributed by atoms with Crippen LogP contribution in [0.1, 0.15) is 10.4 Å². The van der Waals surface area contributed by atoms with Crippen molar-refractivity contribution in [2.75, 3.05) is 18.1 Å². The van der Waals surface area contributed by atoms with Crippen molar-refractivity contribution in [3.05, 3.63) is 60.2 Å². The van der Waals surface area contributed by atoms with Crippen LogP contribution in [0, 0.1) is 0 Å². The number of carbonyl (C=O) groups excluding carboxylic acids is 1. The minimum atomic E-state index is 0.0198. The maximum Gasteiger partial charge on any atom is 0.258 e. The number of fused-ring (bicyclic) bond motifs is 1. The van der Waals surface area contributed by atoms with Gasteiger partial charge in [-0.1, -0.05) is 30.3 Å². The molecule has 2 aromatic rings. The normalized spacial score (nSPS) is 13.7. The molecule has 0 radical (unpaired) electrons. The molecule has 3 rings (SSSR count). The molecular weight excluding hydrogens is 226 g/mol. The molecule has 0 aromatic heterocycles. The third-order valence-electron chi connectivity index (χ3n) is 2.99. The van der Waals surface area contributed by atoms with E-state index in [9.17, 15) is 4.79 Å². The third-order valence-corrected chi connectivity index (χ3v) is 2.99. The van der Waals surface area contributed by atoms with Gasteiger partial charge in [-0.2, -0.15) is 0 Å². The number of amides is 1. The summed E-state index contributed by atoms with van der Waals surface area (Å²) >= 11 is 0. The minimum absolute atomic E-state index is 0.0198. The minimum Gasteiger partial charge on any atom is -0.490 e. The van der Waals surface area contributed by atoms with E-state index in [4.69, 9.17) is 4.74 Å². The van der Waals surface area contributed by atoms with Gasteiger partial charge in [0.2, 0.25) is 0 Å². The number of anilines is 1. The van der Waals surface area contributed by atoms with Gasteiger partial charge in [0.25, 0.3) is 5.91 Å². The van der Waals surface area contributed by atoms with Gasteiger partial charge in [0.05, 0.1) is 12.2 Å². The summed E-state index contributed by atoms with van der Waals surface area (Å²) in [7, 11) is 0. The Kier molecular flexibility index (Phi) is 2.73. The number of hydrogen-bond donors (Lipinski definition) is 0. The number of nitrogens with zero attached hydrogens (tertiary/aromatic N) is 1. The highest BCUT2D eigenvalue weighted by atomic mass is 16.5. The highest BCUT2D eigenvalue weighted by molar-refractivity contribution is 6.07. The summed E-state index contributed by atoms with van der Waals surface area (Å²) < 4.78 is 5.55. The topological polar surface area (TPSA) is 29.5 Å². The Hall–Kier alpha value is -2.29. The quantitative estimate of drug-likeness (QED) is 0.765. The van der Waals surface area contributed by atoms with Crippen LogP contribution in [0.4, 0.5) is 5.69 Å². The highest BCUT2D eigenvalue weighted by Gasteiger charge is 2.23. The second kappa shape index (κ2) is 4.53. The van der Waals surface area contributed by atoms with E-state index >= 15 is 0 Å². The predicted molar refractivity (Wildman–Crippen MR) is 70.1 cm³/mol. The predicted octanol–water partition coefficient (Wildman–Crippen LogP) is 2.73. The first-order valence-electron chi connectivity index (χ1n) is 5.95. The van der Waals surface area contributed by atoms with Crippen LogP contribution in [0.2, 0.25) is 0 Å². The second-order valence-electron chi connectivity index (χ2n) is 4.14. The van der Waals surface area contributed by atoms with E-state index in [0.717, 1.165) is 11.4 Å². The van der Waals surface area contributed by atoms with Gasteiger partial charge in [-0.05, 0) is 24.3 Å². The molecule has 0 saturated heterocycles. The van der Waals surface area contributed by atoms with Gasteiger partial charge in [-0.3, -0.25) is 4.79 Å². The molecule has 0 atom stereocenters. The summed E-state index contributed by atoms with van der Waals surface area (Å²) in [6, 6.07) is 17.0. The molecule has 0 bridgehead atoms. The summed E-state index contributed by atoms with van der Waals surface area (Å²) in [6.07, 6.45) is 0. The van der Waals surface area contributed by atoms with Crippen molar-refractivity contribution in [1.82, 2.24) is 0 Å². The first-order valence-corrected chi connectivity index (χ1v) is 5.95. The zero-order chi connectivity index (χ0) is 12.4. The molecule has 90 valence electrons. The molecule has 1 amide bonds. The number of rotatable bonds is 1. The lowest BCUT2D eigenvalue weighted by Crippen LogP contribution is -2.37. The van der Waals surface area contributed by atoms with Crippen LogP contribution < -0.4 is 9.64 Å². The summed E-state index contributed by atoms with van der Waals surface area (Å²) in [4.78, 5) is 14.2. The van der Waals surface area contributed by atoms with Crippen LogP contribution in [-0.4, -0.2) is 19.1 Å². The Morgan fingerprint density at radius 2 is 1.72 bits per heavy atom. The van der Waals surface area contributed by atoms with Crippen LogP contribution in [0.25, 0.3) is 0 Å². The number of hydrogen-bond acceptors (Lipinski definition) is 2. The van der Waals surface area contributed by atoms with Crippen LogP contribution >= 0.6 is 0 Å². The fraction of sp³-hybridized carbons (Fsp3) is 0.133. The van der Waals surface area contributed by atoms with Crippen molar-refractivity contribution in [1.29, 1.82) is 0 Å². The van der Waals surface area contributed by atoms with Gasteiger partial charge >= 0.3 is 0 Å². The average molecular weight is 239 g/mol. The molecule has 0 unspecified atom stereocenters. The fourth-order valence-electron chi connectivity index (χ4n) is 2.12. The van der Waals surface area contributed by atoms with E-state index in [1.807, 2.05) is 54.6 Å². The summed E-state index contributed by atoms with van der Waals surface area (Å²) in [5.74, 6) is 0.791. The van der Waals surface area contributed by atoms with E-state index in [2.05, 4.69) is 0 Å². The van der Waals surface area contributed by atoms with Crippen LogP contribution in [0.15, 0.2) is 54.6 Å². The molecule has 18 heavy (non-hydrogen) atoms. The third kappa shape index (κ3) is 1.84. The second-order valence-corrected chi connectivity index (χ2v) is 4.14. The highest BCUT2D eigenvalue weighted by Crippen LogP contribution is 2.31. The number of carbonyl (C=O) groups is 1. The van der Waals surface area contributed by atoms with Gasteiger partial charge < -0.3 is 9.64 Å². The lowest BCUT2D eigenvalue weighted by atomic mass is 10.1. The molecular formula is C15H13NO2. The van der Waals surface area contributed by atoms with Crippen LogP contribution in [-0.2, 0) is 0 Å². The SMILES string of the molecule is O=C(c1ccccc1)N1CCOc2ccccc21. The average Bonchev–Trinajstić information content (AvgIpc) is 2.47. The number of ether oxygens (including phenoxy) is 1. The van der Waals surface area contributed by atoms with E-state index in [1.54, 1.807) is 4.90 Å². The van der Waals surface area contributed by atoms with E-state index < -0.39 is 0 Å². The maximum absolute atomic E-state index is 12.4. The Morgan fingerprint density at radius 1 is 1.00 bits per heavy atom. The van der Waals surface area contributed by atoms with Crippen molar-refractivity contribution in [3.63, 3.8) is 0 Å². The van der Waals surface area contributed by atoms with Crippen LogP contribution in [0.5, 0.6) is 5.75 Å². The molecule has 0 spiro atoms. The molecule has 0 N–H and O–H groups in total. The molecule has 3 nitrogen and oxygen atoms in total. The summed E-state index contributed by atoms with van der Waals surface area (Å²) in [5.41, 5.74) is 1.55. The molecule has 0 fully saturated rings. The molecule has 1 aliphatic heterocycles. The molecule has 2 aromatic carbocycles. The molecule has 3 heteroatoms. The monoisotopic (exact) mass is 239 g/mol. The Bertz CT molecular complexity index is 566. The molecule has 1 aliphatic rings. The van der Waals surface area contributed by atoms with E-state index in [0.29, 0.717) is 18.7 Å². The van der Waals surface area contributed by atoms with Crippen molar-refractivity contribution in [2.45, 2.75) is 0 Å². The van der Waals surface area contributed by atoms with Gasteiger partial charge in [0, 0.05) is 5.56 Å². The largest absolute Gasteiger partial charge is 0.490 e. The van der Waals surface area contributed by atoms with E-state index in [-0.39, 0.29) is 5.91 Å². The summed E-state index contributed by atoms with van der Waals surface area (Å²) in [5, 5.41) is 0. The van der Waals surface area contributed by atoms with Crippen molar-refractivity contribution < 1.29 is 9.53 Å². The zero-order valence-electron chi connectivity index (χ0n) is 9.87. The number of benzene rings is 2. The standard InChI is InChI=1S/C15H13NO2/c17-15(12-6-2-1-3-7-12)16-10-11-18-14-9-5-4-8-13(14)16/h1-9H,10-11H2. The first kappa shape index (κ1) is 10.8. The van der Waals surface area contributed by atoms with Gasteiger partial charge in [-0.25, -0.2) is 0 Å². The molecule has 0 saturated carbocycles. The first-order chi connectivity index (χ1) is 8.86. The summed E-state index contributed by atoms with van der Waals surface area (Å²) in [6.45, 7) is 1.13. The lowest BCUT2D eigenvalue weighted by Gasteiger charge is -2.29. The van der Waals surface area contributed by atoms with Crippen molar-refractivity contribution >= 4 is 11.6 Å².